The number of aliphatic hydroxyl groups excluding tert-OH is 1. The molecule has 2 N–H and O–H groups in total. The monoisotopic (exact) mass is 370 g/mol. The van der Waals surface area contributed by atoms with Gasteiger partial charge in [-0.1, -0.05) is 30.3 Å². The molecule has 2 heterocycles. The van der Waals surface area contributed by atoms with Gasteiger partial charge in [-0.25, -0.2) is 4.79 Å². The molecule has 1 atom stereocenters. The number of aromatic nitrogens is 1. The summed E-state index contributed by atoms with van der Waals surface area (Å²) in [5, 5.41) is 10.6. The second-order valence-electron chi connectivity index (χ2n) is 7.10. The Balaban J connectivity index is 1.68. The Kier molecular flexibility index (Phi) is 5.65. The maximum absolute atomic E-state index is 12.9. The first-order valence-corrected chi connectivity index (χ1v) is 9.23. The van der Waals surface area contributed by atoms with Crippen molar-refractivity contribution in [2.24, 2.45) is 5.92 Å². The molecule has 1 fully saturated rings. The van der Waals surface area contributed by atoms with Crippen LogP contribution < -0.4 is 0 Å². The fraction of sp³-hybridized carbons (Fsp3) is 0.429. The van der Waals surface area contributed by atoms with Gasteiger partial charge in [-0.3, -0.25) is 4.79 Å². The molecule has 0 spiro atoms. The van der Waals surface area contributed by atoms with Crippen molar-refractivity contribution in [1.29, 1.82) is 0 Å². The minimum Gasteiger partial charge on any atom is -0.465 e. The topological polar surface area (TPSA) is 82.6 Å². The zero-order chi connectivity index (χ0) is 19.6. The molecular formula is C21H26N2O4. The number of rotatable bonds is 4. The molecule has 6 heteroatoms. The SMILES string of the molecule is COC(=O)c1c(C)[nH]c(C(=O)N2CCC([C@@H](O)c3ccccc3)CC2)c1C. The number of carbonyl (C=O) groups excluding carboxylic acids is 2. The third-order valence-electron chi connectivity index (χ3n) is 5.46. The molecule has 0 saturated carbocycles. The van der Waals surface area contributed by atoms with Crippen LogP contribution in [0.3, 0.4) is 0 Å². The van der Waals surface area contributed by atoms with Crippen LogP contribution in [0.2, 0.25) is 0 Å². The normalized spacial score (nSPS) is 16.2. The minimum atomic E-state index is -0.510. The quantitative estimate of drug-likeness (QED) is 0.811. The number of aryl methyl sites for hydroxylation is 1. The Hall–Kier alpha value is -2.60. The number of piperidine rings is 1. The molecule has 6 nitrogen and oxygen atoms in total. The van der Waals surface area contributed by atoms with E-state index in [1.807, 2.05) is 30.3 Å². The van der Waals surface area contributed by atoms with Gasteiger partial charge in [0.2, 0.25) is 0 Å². The van der Waals surface area contributed by atoms with E-state index in [2.05, 4.69) is 4.98 Å². The average molecular weight is 370 g/mol. The highest BCUT2D eigenvalue weighted by atomic mass is 16.5. The van der Waals surface area contributed by atoms with Crippen molar-refractivity contribution in [3.8, 4) is 0 Å². The van der Waals surface area contributed by atoms with Crippen molar-refractivity contribution in [2.45, 2.75) is 32.8 Å². The zero-order valence-electron chi connectivity index (χ0n) is 16.0. The van der Waals surface area contributed by atoms with Crippen LogP contribution in [0.5, 0.6) is 0 Å². The van der Waals surface area contributed by atoms with Gasteiger partial charge in [0.15, 0.2) is 0 Å². The number of likely N-dealkylation sites (tertiary alicyclic amines) is 1. The third-order valence-corrected chi connectivity index (χ3v) is 5.46. The molecule has 1 aliphatic rings. The van der Waals surface area contributed by atoms with E-state index in [-0.39, 0.29) is 11.8 Å². The van der Waals surface area contributed by atoms with Crippen LogP contribution in [0.25, 0.3) is 0 Å². The van der Waals surface area contributed by atoms with Gasteiger partial charge in [-0.2, -0.15) is 0 Å². The van der Waals surface area contributed by atoms with E-state index in [1.54, 1.807) is 18.7 Å². The second kappa shape index (κ2) is 7.96. The molecule has 0 unspecified atom stereocenters. The Labute approximate surface area is 159 Å². The lowest BCUT2D eigenvalue weighted by atomic mass is 9.87. The van der Waals surface area contributed by atoms with E-state index < -0.39 is 12.1 Å². The molecule has 27 heavy (non-hydrogen) atoms. The predicted molar refractivity (Wildman–Crippen MR) is 102 cm³/mol. The van der Waals surface area contributed by atoms with Crippen LogP contribution in [-0.2, 0) is 4.74 Å². The van der Waals surface area contributed by atoms with Crippen LogP contribution in [0.4, 0.5) is 0 Å². The molecule has 1 aromatic heterocycles. The summed E-state index contributed by atoms with van der Waals surface area (Å²) in [6.07, 6.45) is 0.971. The number of hydrogen-bond acceptors (Lipinski definition) is 4. The first-order valence-electron chi connectivity index (χ1n) is 9.23. The molecule has 0 bridgehead atoms. The maximum Gasteiger partial charge on any atom is 0.339 e. The highest BCUT2D eigenvalue weighted by molar-refractivity contribution is 6.00. The van der Waals surface area contributed by atoms with Crippen molar-refractivity contribution in [2.75, 3.05) is 20.2 Å². The Morgan fingerprint density at radius 2 is 1.81 bits per heavy atom. The number of hydrogen-bond donors (Lipinski definition) is 2. The first kappa shape index (κ1) is 19.2. The Bertz CT molecular complexity index is 820. The van der Waals surface area contributed by atoms with Gasteiger partial charge in [0.25, 0.3) is 5.91 Å². The lowest BCUT2D eigenvalue weighted by Crippen LogP contribution is -2.40. The Morgan fingerprint density at radius 3 is 2.41 bits per heavy atom. The van der Waals surface area contributed by atoms with E-state index in [9.17, 15) is 14.7 Å². The van der Waals surface area contributed by atoms with Crippen molar-refractivity contribution < 1.29 is 19.4 Å². The summed E-state index contributed by atoms with van der Waals surface area (Å²) >= 11 is 0. The van der Waals surface area contributed by atoms with Gasteiger partial charge in [0.05, 0.1) is 18.8 Å². The molecule has 0 aliphatic carbocycles. The van der Waals surface area contributed by atoms with Crippen molar-refractivity contribution in [3.63, 3.8) is 0 Å². The lowest BCUT2D eigenvalue weighted by molar-refractivity contribution is 0.0458. The van der Waals surface area contributed by atoms with Crippen LogP contribution >= 0.6 is 0 Å². The van der Waals surface area contributed by atoms with Gasteiger partial charge in [0, 0.05) is 18.8 Å². The highest BCUT2D eigenvalue weighted by Crippen LogP contribution is 2.31. The minimum absolute atomic E-state index is 0.113. The van der Waals surface area contributed by atoms with Crippen molar-refractivity contribution in [1.82, 2.24) is 9.88 Å². The summed E-state index contributed by atoms with van der Waals surface area (Å²) in [5.74, 6) is -0.419. The molecular weight excluding hydrogens is 344 g/mol. The number of ether oxygens (including phenoxy) is 1. The molecule has 1 amide bonds. The number of nitrogens with one attached hydrogen (secondary N) is 1. The Morgan fingerprint density at radius 1 is 1.19 bits per heavy atom. The van der Waals surface area contributed by atoms with Gasteiger partial charge in [-0.05, 0) is 43.7 Å². The van der Waals surface area contributed by atoms with Gasteiger partial charge < -0.3 is 19.7 Å². The molecule has 0 radical (unpaired) electrons. The fourth-order valence-electron chi connectivity index (χ4n) is 3.87. The third kappa shape index (κ3) is 3.76. The number of H-pyrrole nitrogens is 1. The first-order chi connectivity index (χ1) is 12.9. The van der Waals surface area contributed by atoms with E-state index >= 15 is 0 Å². The average Bonchev–Trinajstić information content (AvgIpc) is 3.01. The molecule has 3 rings (SSSR count). The van der Waals surface area contributed by atoms with Crippen LogP contribution in [-0.4, -0.2) is 47.1 Å². The molecule has 144 valence electrons. The number of amides is 1. The standard InChI is InChI=1S/C21H26N2O4/c1-13-17(21(26)27-3)14(2)22-18(13)20(25)23-11-9-16(10-12-23)19(24)15-7-5-4-6-8-15/h4-8,16,19,22,24H,9-12H2,1-3H3/t19-/m0/s1. The van der Waals surface area contributed by atoms with Crippen molar-refractivity contribution in [3.05, 3.63) is 58.4 Å². The number of esters is 1. The highest BCUT2D eigenvalue weighted by Gasteiger charge is 2.31. The van der Waals surface area contributed by atoms with Crippen LogP contribution in [0, 0.1) is 19.8 Å². The van der Waals surface area contributed by atoms with Gasteiger partial charge in [-0.15, -0.1) is 0 Å². The summed E-state index contributed by atoms with van der Waals surface area (Å²) in [4.78, 5) is 29.7. The summed E-state index contributed by atoms with van der Waals surface area (Å²) < 4.78 is 4.81. The summed E-state index contributed by atoms with van der Waals surface area (Å²) in [6, 6.07) is 9.64. The predicted octanol–water partition coefficient (Wildman–Crippen LogP) is 3.00. The summed E-state index contributed by atoms with van der Waals surface area (Å²) in [6.45, 7) is 4.68. The van der Waals surface area contributed by atoms with E-state index in [4.69, 9.17) is 4.74 Å². The number of aromatic amines is 1. The fourth-order valence-corrected chi connectivity index (χ4v) is 3.87. The van der Waals surface area contributed by atoms with E-state index in [0.717, 1.165) is 18.4 Å². The lowest BCUT2D eigenvalue weighted by Gasteiger charge is -2.34. The van der Waals surface area contributed by atoms with Gasteiger partial charge in [0.1, 0.15) is 5.69 Å². The summed E-state index contributed by atoms with van der Waals surface area (Å²) in [5.41, 5.74) is 3.04. The number of benzene rings is 1. The molecule has 1 saturated heterocycles. The summed E-state index contributed by atoms with van der Waals surface area (Å²) in [7, 11) is 1.33. The molecule has 1 aromatic carbocycles. The largest absolute Gasteiger partial charge is 0.465 e. The number of aliphatic hydroxyl groups is 1. The molecule has 2 aromatic rings. The number of nitrogens with zero attached hydrogens (tertiary/aromatic N) is 1. The smallest absolute Gasteiger partial charge is 0.339 e. The van der Waals surface area contributed by atoms with Crippen LogP contribution in [0.1, 0.15) is 56.6 Å². The number of carbonyl (C=O) groups is 2. The maximum atomic E-state index is 12.9. The van der Waals surface area contributed by atoms with Gasteiger partial charge >= 0.3 is 5.97 Å². The van der Waals surface area contributed by atoms with Crippen molar-refractivity contribution >= 4 is 11.9 Å². The zero-order valence-corrected chi connectivity index (χ0v) is 16.0. The van der Waals surface area contributed by atoms with E-state index in [1.165, 1.54) is 7.11 Å². The van der Waals surface area contributed by atoms with Crippen LogP contribution in [0.15, 0.2) is 30.3 Å². The number of methoxy groups -OCH3 is 1. The molecule has 1 aliphatic heterocycles. The second-order valence-corrected chi connectivity index (χ2v) is 7.10. The van der Waals surface area contributed by atoms with E-state index in [0.29, 0.717) is 35.6 Å².